The van der Waals surface area contributed by atoms with Crippen LogP contribution in [0.3, 0.4) is 0 Å². The average Bonchev–Trinajstić information content (AvgIpc) is 2.79. The van der Waals surface area contributed by atoms with E-state index in [0.717, 1.165) is 30.8 Å². The van der Waals surface area contributed by atoms with Crippen molar-refractivity contribution in [3.05, 3.63) is 0 Å². The van der Waals surface area contributed by atoms with E-state index in [9.17, 15) is 5.11 Å². The first-order chi connectivity index (χ1) is 6.74. The zero-order valence-corrected chi connectivity index (χ0v) is 9.02. The van der Waals surface area contributed by atoms with Crippen LogP contribution in [0.5, 0.6) is 0 Å². The van der Waals surface area contributed by atoms with Crippen LogP contribution < -0.4 is 0 Å². The lowest BCUT2D eigenvalue weighted by molar-refractivity contribution is 0.117. The molecule has 2 aliphatic carbocycles. The minimum Gasteiger partial charge on any atom is -0.392 e. The Morgan fingerprint density at radius 1 is 1.14 bits per heavy atom. The van der Waals surface area contributed by atoms with E-state index in [-0.39, 0.29) is 6.10 Å². The van der Waals surface area contributed by atoms with Crippen LogP contribution in [0.25, 0.3) is 0 Å². The highest BCUT2D eigenvalue weighted by Gasteiger charge is 2.45. The van der Waals surface area contributed by atoms with Gasteiger partial charge in [-0.2, -0.15) is 0 Å². The summed E-state index contributed by atoms with van der Waals surface area (Å²) in [5.41, 5.74) is 0. The Bertz CT molecular complexity index is 228. The monoisotopic (exact) mass is 195 g/mol. The second-order valence-electron chi connectivity index (χ2n) is 5.68. The van der Waals surface area contributed by atoms with E-state index < -0.39 is 0 Å². The third-order valence-electron chi connectivity index (χ3n) is 4.73. The summed E-state index contributed by atoms with van der Waals surface area (Å²) in [6.07, 6.45) is 6.77. The highest BCUT2D eigenvalue weighted by molar-refractivity contribution is 4.99. The van der Waals surface area contributed by atoms with Crippen molar-refractivity contribution >= 4 is 0 Å². The predicted molar refractivity (Wildman–Crippen MR) is 56.0 cm³/mol. The quantitative estimate of drug-likeness (QED) is 0.687. The summed E-state index contributed by atoms with van der Waals surface area (Å²) in [6, 6.07) is 1.44. The average molecular weight is 195 g/mol. The van der Waals surface area contributed by atoms with Crippen molar-refractivity contribution in [1.82, 2.24) is 4.90 Å². The molecule has 1 aliphatic heterocycles. The second kappa shape index (κ2) is 3.21. The molecule has 1 heterocycles. The number of fused-ring (bicyclic) bond motifs is 2. The number of rotatable bonds is 1. The van der Waals surface area contributed by atoms with Gasteiger partial charge in [0.2, 0.25) is 0 Å². The Hall–Kier alpha value is -0.0800. The molecule has 2 saturated carbocycles. The van der Waals surface area contributed by atoms with Crippen LogP contribution in [0.15, 0.2) is 0 Å². The first-order valence-corrected chi connectivity index (χ1v) is 6.18. The molecule has 2 bridgehead atoms. The van der Waals surface area contributed by atoms with Gasteiger partial charge in [0.1, 0.15) is 0 Å². The molecule has 0 spiro atoms. The summed E-state index contributed by atoms with van der Waals surface area (Å²) in [5.74, 6) is 1.99. The molecule has 1 saturated heterocycles. The van der Waals surface area contributed by atoms with E-state index in [1.807, 2.05) is 0 Å². The summed E-state index contributed by atoms with van der Waals surface area (Å²) in [4.78, 5) is 2.59. The van der Waals surface area contributed by atoms with Crippen LogP contribution in [0.4, 0.5) is 0 Å². The van der Waals surface area contributed by atoms with Crippen molar-refractivity contribution in [3.8, 4) is 0 Å². The molecule has 0 amide bonds. The van der Waals surface area contributed by atoms with Crippen molar-refractivity contribution in [2.45, 2.75) is 57.2 Å². The molecule has 14 heavy (non-hydrogen) atoms. The van der Waals surface area contributed by atoms with Gasteiger partial charge in [-0.05, 0) is 44.4 Å². The summed E-state index contributed by atoms with van der Waals surface area (Å²) in [7, 11) is 0. The maximum absolute atomic E-state index is 9.66. The predicted octanol–water partition coefficient (Wildman–Crippen LogP) is 1.63. The van der Waals surface area contributed by atoms with E-state index in [1.165, 1.54) is 25.7 Å². The van der Waals surface area contributed by atoms with Crippen LogP contribution in [0, 0.1) is 11.8 Å². The van der Waals surface area contributed by atoms with Crippen molar-refractivity contribution in [2.24, 2.45) is 11.8 Å². The molecule has 0 aromatic carbocycles. The molecule has 3 fully saturated rings. The summed E-state index contributed by atoms with van der Waals surface area (Å²) in [6.45, 7) is 3.22. The Balaban J connectivity index is 1.71. The van der Waals surface area contributed by atoms with Crippen molar-refractivity contribution in [2.75, 3.05) is 6.54 Å². The second-order valence-corrected chi connectivity index (χ2v) is 5.68. The number of aliphatic hydroxyl groups excluding tert-OH is 1. The zero-order chi connectivity index (χ0) is 9.71. The zero-order valence-electron chi connectivity index (χ0n) is 9.02. The van der Waals surface area contributed by atoms with E-state index in [2.05, 4.69) is 11.8 Å². The number of aliphatic hydroxyl groups is 1. The van der Waals surface area contributed by atoms with Crippen LogP contribution in [-0.4, -0.2) is 34.7 Å². The van der Waals surface area contributed by atoms with Gasteiger partial charge in [-0.15, -0.1) is 0 Å². The number of likely N-dealkylation sites (tertiary alicyclic amines) is 1. The lowest BCUT2D eigenvalue weighted by Gasteiger charge is -2.34. The van der Waals surface area contributed by atoms with E-state index in [1.54, 1.807) is 0 Å². The van der Waals surface area contributed by atoms with Crippen molar-refractivity contribution in [1.29, 1.82) is 0 Å². The summed E-state index contributed by atoms with van der Waals surface area (Å²) in [5, 5.41) is 9.66. The van der Waals surface area contributed by atoms with Gasteiger partial charge in [0.15, 0.2) is 0 Å². The number of hydrogen-bond donors (Lipinski definition) is 1. The molecular weight excluding hydrogens is 174 g/mol. The van der Waals surface area contributed by atoms with E-state index in [4.69, 9.17) is 0 Å². The molecular formula is C12H21NO. The minimum atomic E-state index is -0.0517. The number of β-amino-alcohol motifs (C(OH)–C–C–N with tert-alkyl or cyclic N) is 1. The van der Waals surface area contributed by atoms with Gasteiger partial charge >= 0.3 is 0 Å². The maximum Gasteiger partial charge on any atom is 0.0682 e. The molecule has 0 aromatic heterocycles. The normalized spacial score (nSPS) is 53.1. The molecule has 3 aliphatic rings. The molecule has 2 heteroatoms. The van der Waals surface area contributed by atoms with E-state index >= 15 is 0 Å². The van der Waals surface area contributed by atoms with Gasteiger partial charge in [-0.25, -0.2) is 0 Å². The first kappa shape index (κ1) is 9.17. The Labute approximate surface area is 86.3 Å². The molecule has 0 aromatic rings. The van der Waals surface area contributed by atoms with Crippen LogP contribution >= 0.6 is 0 Å². The fourth-order valence-electron chi connectivity index (χ4n) is 4.11. The fourth-order valence-corrected chi connectivity index (χ4v) is 4.11. The van der Waals surface area contributed by atoms with Crippen LogP contribution in [0.1, 0.15) is 39.0 Å². The summed E-state index contributed by atoms with van der Waals surface area (Å²) >= 11 is 0. The number of nitrogens with zero attached hydrogens (tertiary/aromatic N) is 1. The van der Waals surface area contributed by atoms with Crippen molar-refractivity contribution in [3.63, 3.8) is 0 Å². The highest BCUT2D eigenvalue weighted by Crippen LogP contribution is 2.47. The third kappa shape index (κ3) is 1.31. The van der Waals surface area contributed by atoms with Gasteiger partial charge in [0, 0.05) is 18.6 Å². The minimum absolute atomic E-state index is 0.0517. The lowest BCUT2D eigenvalue weighted by Crippen LogP contribution is -2.41. The molecule has 3 rings (SSSR count). The summed E-state index contributed by atoms with van der Waals surface area (Å²) < 4.78 is 0. The SMILES string of the molecule is CC1CC(O)CN1C1CC2CCC1C2. The molecule has 0 radical (unpaired) electrons. The molecule has 2 nitrogen and oxygen atoms in total. The maximum atomic E-state index is 9.66. The van der Waals surface area contributed by atoms with Gasteiger partial charge in [-0.1, -0.05) is 6.42 Å². The highest BCUT2D eigenvalue weighted by atomic mass is 16.3. The molecule has 5 unspecified atom stereocenters. The van der Waals surface area contributed by atoms with Crippen LogP contribution in [0.2, 0.25) is 0 Å². The third-order valence-corrected chi connectivity index (χ3v) is 4.73. The fraction of sp³-hybridized carbons (Fsp3) is 1.00. The Morgan fingerprint density at radius 2 is 2.00 bits per heavy atom. The van der Waals surface area contributed by atoms with Gasteiger partial charge < -0.3 is 5.11 Å². The van der Waals surface area contributed by atoms with E-state index in [0.29, 0.717) is 6.04 Å². The molecule has 80 valence electrons. The molecule has 5 atom stereocenters. The number of hydrogen-bond acceptors (Lipinski definition) is 2. The van der Waals surface area contributed by atoms with Crippen molar-refractivity contribution < 1.29 is 5.11 Å². The largest absolute Gasteiger partial charge is 0.392 e. The van der Waals surface area contributed by atoms with Gasteiger partial charge in [0.25, 0.3) is 0 Å². The topological polar surface area (TPSA) is 23.5 Å². The Morgan fingerprint density at radius 3 is 2.50 bits per heavy atom. The lowest BCUT2D eigenvalue weighted by atomic mass is 9.93. The first-order valence-electron chi connectivity index (χ1n) is 6.18. The smallest absolute Gasteiger partial charge is 0.0682 e. The van der Waals surface area contributed by atoms with Crippen LogP contribution in [-0.2, 0) is 0 Å². The Kier molecular flexibility index (Phi) is 2.10. The molecule has 1 N–H and O–H groups in total. The standard InChI is InChI=1S/C12H21NO/c1-8-4-11(14)7-13(8)12-6-9-2-3-10(12)5-9/h8-12,14H,2-7H2,1H3. The van der Waals surface area contributed by atoms with Gasteiger partial charge in [-0.3, -0.25) is 4.90 Å². The van der Waals surface area contributed by atoms with Gasteiger partial charge in [0.05, 0.1) is 6.10 Å².